The van der Waals surface area contributed by atoms with E-state index in [2.05, 4.69) is 5.10 Å². The van der Waals surface area contributed by atoms with Gasteiger partial charge >= 0.3 is 12.4 Å². The Hall–Kier alpha value is -2.58. The molecule has 3 aromatic rings. The number of benzene rings is 2. The van der Waals surface area contributed by atoms with Gasteiger partial charge in [-0.25, -0.2) is 0 Å². The predicted molar refractivity (Wildman–Crippen MR) is 68.2 cm³/mol. The van der Waals surface area contributed by atoms with Crippen LogP contribution in [0.2, 0.25) is 0 Å². The number of aromatic nitrogens is 2. The summed E-state index contributed by atoms with van der Waals surface area (Å²) in [6, 6.07) is 4.98. The number of hydrogen-bond acceptors (Lipinski definition) is 2. The van der Waals surface area contributed by atoms with Gasteiger partial charge in [-0.05, 0) is 29.1 Å². The summed E-state index contributed by atoms with van der Waals surface area (Å²) in [4.78, 5) is -0.104. The second-order valence-electron chi connectivity index (χ2n) is 4.83. The fraction of sp³-hybridized carbons (Fsp3) is 0.143. The van der Waals surface area contributed by atoms with Gasteiger partial charge in [-0.2, -0.15) is 26.3 Å². The van der Waals surface area contributed by atoms with Gasteiger partial charge in [0.25, 0.3) is 5.52 Å². The summed E-state index contributed by atoms with van der Waals surface area (Å²) in [5.41, 5.74) is -2.65. The molecule has 120 valence electrons. The number of hydrogen-bond donors (Lipinski definition) is 0. The molecule has 23 heavy (non-hydrogen) atoms. The Kier molecular flexibility index (Phi) is 3.13. The second-order valence-corrected chi connectivity index (χ2v) is 4.83. The quantitative estimate of drug-likeness (QED) is 0.270. The van der Waals surface area contributed by atoms with Crippen LogP contribution in [0.25, 0.3) is 21.8 Å². The van der Waals surface area contributed by atoms with Gasteiger partial charge in [-0.3, -0.25) is 0 Å². The fourth-order valence-electron chi connectivity index (χ4n) is 2.26. The summed E-state index contributed by atoms with van der Waals surface area (Å²) in [6.45, 7) is 0. The topological polar surface area (TPSA) is 39.8 Å². The van der Waals surface area contributed by atoms with Gasteiger partial charge < -0.3 is 5.21 Å². The maximum Gasteiger partial charge on any atom is 0.416 e. The van der Waals surface area contributed by atoms with E-state index < -0.39 is 23.5 Å². The average molecular weight is 332 g/mol. The minimum absolute atomic E-state index is 0.0896. The van der Waals surface area contributed by atoms with Crippen LogP contribution in [-0.2, 0) is 12.4 Å². The molecule has 0 radical (unpaired) electrons. The van der Waals surface area contributed by atoms with Gasteiger partial charge in [0, 0.05) is 16.6 Å². The van der Waals surface area contributed by atoms with E-state index in [-0.39, 0.29) is 26.7 Å². The summed E-state index contributed by atoms with van der Waals surface area (Å²) in [7, 11) is 0. The van der Waals surface area contributed by atoms with Crippen molar-refractivity contribution < 1.29 is 31.2 Å². The molecule has 0 aliphatic carbocycles. The monoisotopic (exact) mass is 332 g/mol. The lowest BCUT2D eigenvalue weighted by atomic mass is 10.0. The van der Waals surface area contributed by atoms with Crippen molar-refractivity contribution in [3.8, 4) is 0 Å². The number of halogens is 6. The first-order chi connectivity index (χ1) is 10.6. The molecule has 1 aromatic heterocycles. The van der Waals surface area contributed by atoms with Crippen molar-refractivity contribution in [2.24, 2.45) is 0 Å². The Morgan fingerprint density at radius 1 is 0.783 bits per heavy atom. The van der Waals surface area contributed by atoms with Crippen LogP contribution in [-0.4, -0.2) is 5.10 Å². The molecule has 1 heterocycles. The zero-order chi connectivity index (χ0) is 17.0. The highest BCUT2D eigenvalue weighted by Gasteiger charge is 2.33. The molecule has 0 unspecified atom stereocenters. The Balaban J connectivity index is 2.32. The van der Waals surface area contributed by atoms with Crippen LogP contribution in [0.1, 0.15) is 11.1 Å². The van der Waals surface area contributed by atoms with E-state index in [1.54, 1.807) is 0 Å². The first kappa shape index (κ1) is 15.3. The molecule has 3 rings (SSSR count). The van der Waals surface area contributed by atoms with E-state index in [0.29, 0.717) is 12.1 Å². The molecule has 0 bridgehead atoms. The zero-order valence-electron chi connectivity index (χ0n) is 11.0. The van der Waals surface area contributed by atoms with Gasteiger partial charge in [0.1, 0.15) is 5.52 Å². The summed E-state index contributed by atoms with van der Waals surface area (Å²) in [5.74, 6) is 0. The molecule has 0 aliphatic rings. The summed E-state index contributed by atoms with van der Waals surface area (Å²) < 4.78 is 76.1. The Morgan fingerprint density at radius 2 is 1.30 bits per heavy atom. The van der Waals surface area contributed by atoms with Crippen molar-refractivity contribution in [3.05, 3.63) is 52.7 Å². The van der Waals surface area contributed by atoms with Gasteiger partial charge in [-0.1, -0.05) is 6.07 Å². The highest BCUT2D eigenvalue weighted by molar-refractivity contribution is 6.02. The molecule has 0 saturated carbocycles. The molecule has 0 atom stereocenters. The molecule has 9 heteroatoms. The van der Waals surface area contributed by atoms with Gasteiger partial charge in [0.15, 0.2) is 0 Å². The first-order valence-corrected chi connectivity index (χ1v) is 6.19. The van der Waals surface area contributed by atoms with E-state index in [0.717, 1.165) is 24.3 Å². The van der Waals surface area contributed by atoms with E-state index >= 15 is 0 Å². The highest BCUT2D eigenvalue weighted by atomic mass is 19.4. The molecular weight excluding hydrogens is 326 g/mol. The molecule has 0 fully saturated rings. The van der Waals surface area contributed by atoms with Crippen LogP contribution in [0.15, 0.2) is 36.4 Å². The van der Waals surface area contributed by atoms with Crippen LogP contribution in [0.3, 0.4) is 0 Å². The fourth-order valence-corrected chi connectivity index (χ4v) is 2.26. The van der Waals surface area contributed by atoms with Crippen molar-refractivity contribution in [3.63, 3.8) is 0 Å². The lowest BCUT2D eigenvalue weighted by Gasteiger charge is -2.10. The maximum absolute atomic E-state index is 12.7. The maximum atomic E-state index is 12.7. The van der Waals surface area contributed by atoms with E-state index in [9.17, 15) is 31.5 Å². The van der Waals surface area contributed by atoms with E-state index in [1.807, 2.05) is 0 Å². The lowest BCUT2D eigenvalue weighted by molar-refractivity contribution is -0.640. The van der Waals surface area contributed by atoms with E-state index in [1.165, 1.54) is 0 Å². The predicted octanol–water partition coefficient (Wildman–Crippen LogP) is 4.06. The Labute approximate surface area is 124 Å². The van der Waals surface area contributed by atoms with Gasteiger partial charge in [0.05, 0.1) is 16.5 Å². The van der Waals surface area contributed by atoms with Crippen molar-refractivity contribution in [1.82, 2.24) is 5.10 Å². The minimum atomic E-state index is -4.64. The molecule has 0 N–H and O–H groups in total. The van der Waals surface area contributed by atoms with Crippen LogP contribution >= 0.6 is 0 Å². The van der Waals surface area contributed by atoms with Crippen molar-refractivity contribution >= 4 is 21.8 Å². The third-order valence-corrected chi connectivity index (χ3v) is 3.34. The Bertz CT molecular complexity index is 917. The van der Waals surface area contributed by atoms with Crippen LogP contribution in [0, 0.1) is 5.21 Å². The molecule has 0 saturated heterocycles. The smallest absolute Gasteiger partial charge is 0.416 e. The van der Waals surface area contributed by atoms with Crippen LogP contribution in [0.5, 0.6) is 0 Å². The lowest BCUT2D eigenvalue weighted by Crippen LogP contribution is -2.32. The third kappa shape index (κ3) is 2.62. The SMILES string of the molecule is [O-][n+]1nc2cc(C(F)(F)F)ccc2c2ccc(C(F)(F)F)cc21. The van der Waals surface area contributed by atoms with Crippen molar-refractivity contribution in [2.75, 3.05) is 0 Å². The minimum Gasteiger partial charge on any atom is -0.594 e. The van der Waals surface area contributed by atoms with Gasteiger partial charge in [-0.15, -0.1) is 0 Å². The first-order valence-electron chi connectivity index (χ1n) is 6.19. The largest absolute Gasteiger partial charge is 0.594 e. The number of fused-ring (bicyclic) bond motifs is 3. The standard InChI is InChI=1S/C14H6F6N2O/c15-13(16,17)7-1-3-9-10-4-2-8(14(18,19)20)6-12(10)22(23)21-11(9)5-7/h1-6H. The molecule has 0 amide bonds. The normalized spacial score (nSPS) is 13.0. The number of nitrogens with zero attached hydrogens (tertiary/aromatic N) is 2. The molecule has 3 nitrogen and oxygen atoms in total. The van der Waals surface area contributed by atoms with Crippen molar-refractivity contribution in [1.29, 1.82) is 0 Å². The molecule has 0 spiro atoms. The van der Waals surface area contributed by atoms with Crippen molar-refractivity contribution in [2.45, 2.75) is 12.4 Å². The molecule has 2 aromatic carbocycles. The molecular formula is C14H6F6N2O. The Morgan fingerprint density at radius 3 is 1.87 bits per heavy atom. The zero-order valence-corrected chi connectivity index (χ0v) is 11.0. The van der Waals surface area contributed by atoms with Crippen LogP contribution < -0.4 is 4.85 Å². The van der Waals surface area contributed by atoms with Crippen LogP contribution in [0.4, 0.5) is 26.3 Å². The average Bonchev–Trinajstić information content (AvgIpc) is 2.44. The van der Waals surface area contributed by atoms with Gasteiger partial charge in [0.2, 0.25) is 0 Å². The molecule has 0 aliphatic heterocycles. The number of rotatable bonds is 0. The summed E-state index contributed by atoms with van der Waals surface area (Å²) in [5, 5.41) is 15.4. The second kappa shape index (κ2) is 4.71. The highest BCUT2D eigenvalue weighted by Crippen LogP contribution is 2.34. The summed E-state index contributed by atoms with van der Waals surface area (Å²) in [6.07, 6.45) is -9.25. The third-order valence-electron chi connectivity index (χ3n) is 3.34. The number of alkyl halides is 6. The summed E-state index contributed by atoms with van der Waals surface area (Å²) >= 11 is 0. The van der Waals surface area contributed by atoms with E-state index in [4.69, 9.17) is 0 Å².